The molecular formula is C8H12BrN3O. The van der Waals surface area contributed by atoms with Crippen molar-refractivity contribution in [1.82, 2.24) is 9.97 Å². The first-order valence-electron chi connectivity index (χ1n) is 3.96. The van der Waals surface area contributed by atoms with Crippen LogP contribution in [0, 0.1) is 0 Å². The number of halogens is 1. The molecule has 0 radical (unpaired) electrons. The van der Waals surface area contributed by atoms with E-state index in [0.717, 1.165) is 4.47 Å². The van der Waals surface area contributed by atoms with Crippen molar-refractivity contribution in [1.29, 1.82) is 0 Å². The van der Waals surface area contributed by atoms with E-state index in [1.807, 2.05) is 7.05 Å². The number of hydrogen-bond acceptors (Lipinski definition) is 4. The number of hydrogen-bond donors (Lipinski definition) is 1. The van der Waals surface area contributed by atoms with Crippen molar-refractivity contribution in [2.24, 2.45) is 0 Å². The normalized spacial score (nSPS) is 12.6. The van der Waals surface area contributed by atoms with E-state index in [1.165, 1.54) is 0 Å². The Morgan fingerprint density at radius 2 is 2.08 bits per heavy atom. The fraction of sp³-hybridized carbons (Fsp3) is 0.500. The summed E-state index contributed by atoms with van der Waals surface area (Å²) in [6.45, 7) is 2.26. The van der Waals surface area contributed by atoms with Crippen LogP contribution in [0.25, 0.3) is 0 Å². The molecular weight excluding hydrogens is 234 g/mol. The number of aliphatic hydroxyl groups excluding tert-OH is 1. The SMILES string of the molecule is C[C@@H](O)CN(C)c1ncc(Br)cn1. The smallest absolute Gasteiger partial charge is 0.225 e. The summed E-state index contributed by atoms with van der Waals surface area (Å²) < 4.78 is 0.849. The summed E-state index contributed by atoms with van der Waals surface area (Å²) in [6.07, 6.45) is 2.99. The van der Waals surface area contributed by atoms with Crippen molar-refractivity contribution >= 4 is 21.9 Å². The molecule has 0 saturated heterocycles. The summed E-state index contributed by atoms with van der Waals surface area (Å²) in [5, 5.41) is 9.13. The average Bonchev–Trinajstić information content (AvgIpc) is 2.04. The van der Waals surface area contributed by atoms with Gasteiger partial charge in [0.2, 0.25) is 5.95 Å². The zero-order chi connectivity index (χ0) is 9.84. The first kappa shape index (κ1) is 10.4. The Hall–Kier alpha value is -0.680. The molecule has 0 aliphatic heterocycles. The predicted molar refractivity (Wildman–Crippen MR) is 54.7 cm³/mol. The Balaban J connectivity index is 2.66. The Labute approximate surface area is 85.8 Å². The topological polar surface area (TPSA) is 49.2 Å². The molecule has 0 aromatic carbocycles. The molecule has 0 aliphatic carbocycles. The van der Waals surface area contributed by atoms with Gasteiger partial charge in [0.05, 0.1) is 10.6 Å². The molecule has 1 aromatic rings. The average molecular weight is 246 g/mol. The van der Waals surface area contributed by atoms with E-state index in [0.29, 0.717) is 12.5 Å². The third-order valence-corrected chi connectivity index (χ3v) is 1.90. The minimum atomic E-state index is -0.378. The molecule has 1 rings (SSSR count). The molecule has 0 fully saturated rings. The van der Waals surface area contributed by atoms with Gasteiger partial charge in [0, 0.05) is 26.0 Å². The molecule has 5 heteroatoms. The van der Waals surface area contributed by atoms with Crippen molar-refractivity contribution in [3.05, 3.63) is 16.9 Å². The highest BCUT2D eigenvalue weighted by atomic mass is 79.9. The molecule has 0 bridgehead atoms. The highest BCUT2D eigenvalue weighted by molar-refractivity contribution is 9.10. The fourth-order valence-electron chi connectivity index (χ4n) is 0.981. The molecule has 1 atom stereocenters. The number of likely N-dealkylation sites (N-methyl/N-ethyl adjacent to an activating group) is 1. The molecule has 4 nitrogen and oxygen atoms in total. The van der Waals surface area contributed by atoms with E-state index in [9.17, 15) is 0 Å². The molecule has 0 unspecified atom stereocenters. The van der Waals surface area contributed by atoms with Gasteiger partial charge in [-0.3, -0.25) is 0 Å². The summed E-state index contributed by atoms with van der Waals surface area (Å²) in [5.74, 6) is 0.615. The van der Waals surface area contributed by atoms with Gasteiger partial charge < -0.3 is 10.0 Å². The second-order valence-corrected chi connectivity index (χ2v) is 3.85. The maximum Gasteiger partial charge on any atom is 0.225 e. The molecule has 0 saturated carbocycles. The molecule has 0 spiro atoms. The Morgan fingerprint density at radius 3 is 2.54 bits per heavy atom. The molecule has 1 heterocycles. The van der Waals surface area contributed by atoms with Crippen LogP contribution in [0.5, 0.6) is 0 Å². The third kappa shape index (κ3) is 3.28. The summed E-state index contributed by atoms with van der Waals surface area (Å²) in [6, 6.07) is 0. The van der Waals surface area contributed by atoms with Gasteiger partial charge in [-0.25, -0.2) is 9.97 Å². The van der Waals surface area contributed by atoms with Crippen LogP contribution in [0.1, 0.15) is 6.92 Å². The molecule has 1 aromatic heterocycles. The van der Waals surface area contributed by atoms with Crippen LogP contribution >= 0.6 is 15.9 Å². The molecule has 13 heavy (non-hydrogen) atoms. The van der Waals surface area contributed by atoms with E-state index in [-0.39, 0.29) is 6.10 Å². The molecule has 72 valence electrons. The van der Waals surface area contributed by atoms with Gasteiger partial charge in [-0.15, -0.1) is 0 Å². The van der Waals surface area contributed by atoms with Gasteiger partial charge in [-0.2, -0.15) is 0 Å². The number of aliphatic hydroxyl groups is 1. The Morgan fingerprint density at radius 1 is 1.54 bits per heavy atom. The maximum atomic E-state index is 9.13. The highest BCUT2D eigenvalue weighted by Crippen LogP contribution is 2.09. The monoisotopic (exact) mass is 245 g/mol. The largest absolute Gasteiger partial charge is 0.392 e. The van der Waals surface area contributed by atoms with Crippen molar-refractivity contribution < 1.29 is 5.11 Å². The van der Waals surface area contributed by atoms with E-state index >= 15 is 0 Å². The summed E-state index contributed by atoms with van der Waals surface area (Å²) >= 11 is 3.25. The first-order valence-corrected chi connectivity index (χ1v) is 4.75. The van der Waals surface area contributed by atoms with Gasteiger partial charge in [0.1, 0.15) is 0 Å². The third-order valence-electron chi connectivity index (χ3n) is 1.49. The molecule has 1 N–H and O–H groups in total. The van der Waals surface area contributed by atoms with Crippen LogP contribution in [0.3, 0.4) is 0 Å². The minimum absolute atomic E-state index is 0.378. The van der Waals surface area contributed by atoms with Crippen LogP contribution in [-0.2, 0) is 0 Å². The summed E-state index contributed by atoms with van der Waals surface area (Å²) in [7, 11) is 1.84. The number of nitrogens with zero attached hydrogens (tertiary/aromatic N) is 3. The van der Waals surface area contributed by atoms with Gasteiger partial charge in [0.15, 0.2) is 0 Å². The van der Waals surface area contributed by atoms with Crippen molar-refractivity contribution in [3.8, 4) is 0 Å². The van der Waals surface area contributed by atoms with Gasteiger partial charge in [-0.1, -0.05) is 0 Å². The maximum absolute atomic E-state index is 9.13. The first-order chi connectivity index (χ1) is 6.09. The lowest BCUT2D eigenvalue weighted by Crippen LogP contribution is -2.28. The second kappa shape index (κ2) is 4.53. The fourth-order valence-corrected chi connectivity index (χ4v) is 1.19. The minimum Gasteiger partial charge on any atom is -0.392 e. The summed E-state index contributed by atoms with van der Waals surface area (Å²) in [5.41, 5.74) is 0. The van der Waals surface area contributed by atoms with E-state index < -0.39 is 0 Å². The lowest BCUT2D eigenvalue weighted by Gasteiger charge is -2.17. The number of aromatic nitrogens is 2. The molecule has 0 aliphatic rings. The number of rotatable bonds is 3. The zero-order valence-corrected chi connectivity index (χ0v) is 9.19. The van der Waals surface area contributed by atoms with Crippen molar-refractivity contribution in [2.75, 3.05) is 18.5 Å². The Kier molecular flexibility index (Phi) is 3.62. The highest BCUT2D eigenvalue weighted by Gasteiger charge is 2.05. The van der Waals surface area contributed by atoms with Crippen LogP contribution in [0.4, 0.5) is 5.95 Å². The lowest BCUT2D eigenvalue weighted by molar-refractivity contribution is 0.201. The standard InChI is InChI=1S/C8H12BrN3O/c1-6(13)5-12(2)8-10-3-7(9)4-11-8/h3-4,6,13H,5H2,1-2H3/t6-/m1/s1. The number of anilines is 1. The predicted octanol–water partition coefficient (Wildman–Crippen LogP) is 1.06. The van der Waals surface area contributed by atoms with Crippen LogP contribution in [0.2, 0.25) is 0 Å². The quantitative estimate of drug-likeness (QED) is 0.866. The van der Waals surface area contributed by atoms with Gasteiger partial charge >= 0.3 is 0 Å². The van der Waals surface area contributed by atoms with E-state index in [2.05, 4.69) is 25.9 Å². The van der Waals surface area contributed by atoms with Gasteiger partial charge in [-0.05, 0) is 22.9 Å². The van der Waals surface area contributed by atoms with E-state index in [4.69, 9.17) is 5.11 Å². The lowest BCUT2D eigenvalue weighted by atomic mass is 10.4. The van der Waals surface area contributed by atoms with Crippen molar-refractivity contribution in [3.63, 3.8) is 0 Å². The van der Waals surface area contributed by atoms with Crippen LogP contribution in [-0.4, -0.2) is 34.8 Å². The van der Waals surface area contributed by atoms with Crippen LogP contribution < -0.4 is 4.90 Å². The Bertz CT molecular complexity index is 263. The van der Waals surface area contributed by atoms with E-state index in [1.54, 1.807) is 24.2 Å². The molecule has 0 amide bonds. The van der Waals surface area contributed by atoms with Crippen molar-refractivity contribution in [2.45, 2.75) is 13.0 Å². The zero-order valence-electron chi connectivity index (χ0n) is 7.61. The second-order valence-electron chi connectivity index (χ2n) is 2.93. The van der Waals surface area contributed by atoms with Crippen LogP contribution in [0.15, 0.2) is 16.9 Å². The van der Waals surface area contributed by atoms with Gasteiger partial charge in [0.25, 0.3) is 0 Å². The summed E-state index contributed by atoms with van der Waals surface area (Å²) in [4.78, 5) is 9.98.